The molecule has 2 rings (SSSR count). The second-order valence-corrected chi connectivity index (χ2v) is 7.79. The van der Waals surface area contributed by atoms with Gasteiger partial charge in [0.1, 0.15) is 11.2 Å². The molecule has 0 aliphatic carbocycles. The third kappa shape index (κ3) is 3.22. The van der Waals surface area contributed by atoms with Crippen LogP contribution in [0.2, 0.25) is 0 Å². The number of pyridine rings is 1. The average molecular weight is 316 g/mol. The van der Waals surface area contributed by atoms with E-state index in [1.807, 2.05) is 0 Å². The van der Waals surface area contributed by atoms with Crippen molar-refractivity contribution < 1.29 is 13.2 Å². The van der Waals surface area contributed by atoms with Crippen molar-refractivity contribution >= 4 is 33.3 Å². The zero-order chi connectivity index (χ0) is 14.8. The molecule has 9 heteroatoms. The first-order valence-electron chi connectivity index (χ1n) is 5.93. The zero-order valence-electron chi connectivity index (χ0n) is 10.9. The second kappa shape index (κ2) is 5.98. The van der Waals surface area contributed by atoms with E-state index in [-0.39, 0.29) is 5.91 Å². The molecule has 1 aromatic heterocycles. The van der Waals surface area contributed by atoms with Gasteiger partial charge in [0.15, 0.2) is 9.84 Å². The molecule has 0 aromatic carbocycles. The number of hydrogen-bond donors (Lipinski definition) is 2. The SMILES string of the molecule is CS(=O)(=O)C1CSCCN1C(=O)c1ccc(NN)nc1. The lowest BCUT2D eigenvalue weighted by Gasteiger charge is -2.34. The number of nitrogen functional groups attached to an aromatic ring is 1. The van der Waals surface area contributed by atoms with Gasteiger partial charge in [0.25, 0.3) is 5.91 Å². The molecule has 1 atom stereocenters. The van der Waals surface area contributed by atoms with Gasteiger partial charge in [0.2, 0.25) is 0 Å². The third-order valence-corrected chi connectivity index (χ3v) is 5.64. The van der Waals surface area contributed by atoms with Gasteiger partial charge in [-0.3, -0.25) is 4.79 Å². The number of sulfone groups is 1. The molecule has 1 unspecified atom stereocenters. The molecule has 0 bridgehead atoms. The number of nitrogens with one attached hydrogen (secondary N) is 1. The fourth-order valence-electron chi connectivity index (χ4n) is 1.94. The highest BCUT2D eigenvalue weighted by molar-refractivity contribution is 8.00. The van der Waals surface area contributed by atoms with Crippen LogP contribution in [0.4, 0.5) is 5.82 Å². The summed E-state index contributed by atoms with van der Waals surface area (Å²) in [6, 6.07) is 3.15. The largest absolute Gasteiger partial charge is 0.320 e. The van der Waals surface area contributed by atoms with Gasteiger partial charge in [-0.25, -0.2) is 19.2 Å². The normalized spacial score (nSPS) is 19.7. The first-order chi connectivity index (χ1) is 9.43. The Kier molecular flexibility index (Phi) is 4.51. The summed E-state index contributed by atoms with van der Waals surface area (Å²) < 4.78 is 23.6. The van der Waals surface area contributed by atoms with Crippen molar-refractivity contribution in [3.05, 3.63) is 23.9 Å². The highest BCUT2D eigenvalue weighted by atomic mass is 32.2. The fraction of sp³-hybridized carbons (Fsp3) is 0.455. The molecule has 1 saturated heterocycles. The quantitative estimate of drug-likeness (QED) is 0.594. The van der Waals surface area contributed by atoms with Crippen LogP contribution >= 0.6 is 11.8 Å². The number of aromatic nitrogens is 1. The minimum Gasteiger partial charge on any atom is -0.320 e. The van der Waals surface area contributed by atoms with Gasteiger partial charge in [0.05, 0.1) is 5.56 Å². The van der Waals surface area contributed by atoms with Crippen LogP contribution in [-0.2, 0) is 9.84 Å². The third-order valence-electron chi connectivity index (χ3n) is 3.00. The van der Waals surface area contributed by atoms with E-state index in [2.05, 4.69) is 10.4 Å². The molecule has 3 N–H and O–H groups in total. The smallest absolute Gasteiger partial charge is 0.256 e. The summed E-state index contributed by atoms with van der Waals surface area (Å²) in [5.74, 6) is 6.46. The number of hydrogen-bond acceptors (Lipinski definition) is 7. The number of carbonyl (C=O) groups is 1. The van der Waals surface area contributed by atoms with Gasteiger partial charge in [-0.15, -0.1) is 0 Å². The number of rotatable bonds is 3. The van der Waals surface area contributed by atoms with E-state index in [4.69, 9.17) is 5.84 Å². The molecule has 7 nitrogen and oxygen atoms in total. The lowest BCUT2D eigenvalue weighted by atomic mass is 10.2. The molecule has 0 spiro atoms. The zero-order valence-corrected chi connectivity index (χ0v) is 12.6. The standard InChI is InChI=1S/C11H16N4O3S2/c1-20(17,18)10-7-19-5-4-15(10)11(16)8-2-3-9(14-12)13-6-8/h2-3,6,10H,4-5,7,12H2,1H3,(H,13,14). The summed E-state index contributed by atoms with van der Waals surface area (Å²) in [6.45, 7) is 0.415. The van der Waals surface area contributed by atoms with Crippen LogP contribution < -0.4 is 11.3 Å². The van der Waals surface area contributed by atoms with E-state index in [1.165, 1.54) is 22.9 Å². The van der Waals surface area contributed by atoms with E-state index in [0.29, 0.717) is 23.7 Å². The van der Waals surface area contributed by atoms with Crippen molar-refractivity contribution in [3.8, 4) is 0 Å². The van der Waals surface area contributed by atoms with Gasteiger partial charge in [0, 0.05) is 30.5 Å². The minimum absolute atomic E-state index is 0.322. The topological polar surface area (TPSA) is 105 Å². The van der Waals surface area contributed by atoms with Crippen LogP contribution in [0, 0.1) is 0 Å². The summed E-state index contributed by atoms with van der Waals surface area (Å²) >= 11 is 1.54. The Bertz CT molecular complexity index is 588. The molecule has 20 heavy (non-hydrogen) atoms. The number of carbonyl (C=O) groups excluding carboxylic acids is 1. The molecule has 1 amide bonds. The summed E-state index contributed by atoms with van der Waals surface area (Å²) in [7, 11) is -3.31. The molecular weight excluding hydrogens is 300 g/mol. The Morgan fingerprint density at radius 2 is 2.30 bits per heavy atom. The highest BCUT2D eigenvalue weighted by Crippen LogP contribution is 2.22. The number of amides is 1. The van der Waals surface area contributed by atoms with Gasteiger partial charge >= 0.3 is 0 Å². The van der Waals surface area contributed by atoms with Gasteiger partial charge in [-0.1, -0.05) is 0 Å². The van der Waals surface area contributed by atoms with Crippen LogP contribution in [0.5, 0.6) is 0 Å². The van der Waals surface area contributed by atoms with E-state index in [0.717, 1.165) is 12.0 Å². The van der Waals surface area contributed by atoms with Crippen molar-refractivity contribution in [2.75, 3.05) is 29.7 Å². The maximum atomic E-state index is 12.4. The summed E-state index contributed by atoms with van der Waals surface area (Å²) in [6.07, 6.45) is 2.54. The Morgan fingerprint density at radius 3 is 2.85 bits per heavy atom. The summed E-state index contributed by atoms with van der Waals surface area (Å²) in [5.41, 5.74) is 2.72. The summed E-state index contributed by atoms with van der Waals surface area (Å²) in [5, 5.41) is -0.777. The highest BCUT2D eigenvalue weighted by Gasteiger charge is 2.34. The van der Waals surface area contributed by atoms with E-state index >= 15 is 0 Å². The number of hydrazine groups is 1. The second-order valence-electron chi connectivity index (χ2n) is 4.43. The van der Waals surface area contributed by atoms with Crippen molar-refractivity contribution in [2.45, 2.75) is 5.37 Å². The van der Waals surface area contributed by atoms with Gasteiger partial charge in [-0.2, -0.15) is 11.8 Å². The molecule has 110 valence electrons. The molecule has 1 aromatic rings. The Morgan fingerprint density at radius 1 is 1.55 bits per heavy atom. The molecule has 1 aliphatic heterocycles. The van der Waals surface area contributed by atoms with Crippen LogP contribution in [-0.4, -0.2) is 53.9 Å². The van der Waals surface area contributed by atoms with Crippen molar-refractivity contribution in [3.63, 3.8) is 0 Å². The van der Waals surface area contributed by atoms with E-state index in [9.17, 15) is 13.2 Å². The molecule has 2 heterocycles. The predicted molar refractivity (Wildman–Crippen MR) is 79.0 cm³/mol. The van der Waals surface area contributed by atoms with Crippen LogP contribution in [0.25, 0.3) is 0 Å². The number of anilines is 1. The van der Waals surface area contributed by atoms with Crippen LogP contribution in [0.15, 0.2) is 18.3 Å². The lowest BCUT2D eigenvalue weighted by molar-refractivity contribution is 0.0749. The van der Waals surface area contributed by atoms with Crippen molar-refractivity contribution in [2.24, 2.45) is 5.84 Å². The monoisotopic (exact) mass is 316 g/mol. The number of nitrogens with zero attached hydrogens (tertiary/aromatic N) is 2. The molecular formula is C11H16N4O3S2. The number of thioether (sulfide) groups is 1. The molecule has 1 fully saturated rings. The van der Waals surface area contributed by atoms with Crippen molar-refractivity contribution in [1.82, 2.24) is 9.88 Å². The van der Waals surface area contributed by atoms with Gasteiger partial charge < -0.3 is 10.3 Å². The first-order valence-corrected chi connectivity index (χ1v) is 9.04. The van der Waals surface area contributed by atoms with E-state index in [1.54, 1.807) is 12.1 Å². The van der Waals surface area contributed by atoms with Gasteiger partial charge in [-0.05, 0) is 12.1 Å². The van der Waals surface area contributed by atoms with Crippen LogP contribution in [0.3, 0.4) is 0 Å². The van der Waals surface area contributed by atoms with Crippen molar-refractivity contribution in [1.29, 1.82) is 0 Å². The Hall–Kier alpha value is -1.32. The maximum absolute atomic E-state index is 12.4. The average Bonchev–Trinajstić information content (AvgIpc) is 2.46. The molecule has 1 aliphatic rings. The Labute approximate surface area is 121 Å². The molecule has 0 radical (unpaired) electrons. The first kappa shape index (κ1) is 15.1. The molecule has 0 saturated carbocycles. The van der Waals surface area contributed by atoms with Crippen LogP contribution in [0.1, 0.15) is 10.4 Å². The lowest BCUT2D eigenvalue weighted by Crippen LogP contribution is -2.49. The fourth-order valence-corrected chi connectivity index (χ4v) is 4.75. The van der Waals surface area contributed by atoms with E-state index < -0.39 is 15.2 Å². The number of nitrogens with two attached hydrogens (primary N) is 1. The summed E-state index contributed by atoms with van der Waals surface area (Å²) in [4.78, 5) is 17.8. The Balaban J connectivity index is 2.25. The minimum atomic E-state index is -3.31. The maximum Gasteiger partial charge on any atom is 0.256 e. The predicted octanol–water partition coefficient (Wildman–Crippen LogP) is -0.0731.